The van der Waals surface area contributed by atoms with Gasteiger partial charge in [0.15, 0.2) is 6.61 Å². The molecule has 1 aliphatic heterocycles. The number of nitrogens with one attached hydrogen (secondary N) is 1. The summed E-state index contributed by atoms with van der Waals surface area (Å²) in [6.45, 7) is 8.31. The van der Waals surface area contributed by atoms with Gasteiger partial charge in [0.1, 0.15) is 35.8 Å². The minimum Gasteiger partial charge on any atom is -0.491 e. The van der Waals surface area contributed by atoms with Crippen molar-refractivity contribution in [1.29, 1.82) is 0 Å². The molecule has 2 aromatic carbocycles. The van der Waals surface area contributed by atoms with Crippen LogP contribution in [0.1, 0.15) is 40.5 Å². The lowest BCUT2D eigenvalue weighted by atomic mass is 9.76. The number of ether oxygens (including phenoxy) is 2. The molecule has 1 aliphatic rings. The predicted octanol–water partition coefficient (Wildman–Crippen LogP) is 5.23. The number of amides is 1. The largest absolute Gasteiger partial charge is 0.491 e. The second-order valence-corrected chi connectivity index (χ2v) is 11.1. The average molecular weight is 545 g/mol. The van der Waals surface area contributed by atoms with Crippen LogP contribution in [-0.2, 0) is 4.79 Å². The number of nitrogens with zero attached hydrogens (tertiary/aromatic N) is 1. The van der Waals surface area contributed by atoms with Gasteiger partial charge in [0, 0.05) is 35.8 Å². The first-order valence-corrected chi connectivity index (χ1v) is 12.4. The van der Waals surface area contributed by atoms with Gasteiger partial charge in [-0.2, -0.15) is 0 Å². The van der Waals surface area contributed by atoms with Crippen molar-refractivity contribution >= 4 is 29.1 Å². The number of rotatable bonds is 9. The minimum absolute atomic E-state index is 0.00630. The van der Waals surface area contributed by atoms with E-state index in [1.807, 2.05) is 0 Å². The lowest BCUT2D eigenvalue weighted by Gasteiger charge is -2.56. The highest BCUT2D eigenvalue weighted by molar-refractivity contribution is 6.31. The number of aliphatic hydroxyl groups is 1. The van der Waals surface area contributed by atoms with Crippen LogP contribution < -0.4 is 14.8 Å². The molecule has 0 aliphatic carbocycles. The fourth-order valence-corrected chi connectivity index (χ4v) is 5.16. The van der Waals surface area contributed by atoms with Crippen LogP contribution in [0.3, 0.4) is 0 Å². The highest BCUT2D eigenvalue weighted by atomic mass is 35.5. The van der Waals surface area contributed by atoms with Gasteiger partial charge in [-0.1, -0.05) is 23.2 Å². The Labute approximate surface area is 220 Å². The fourth-order valence-electron chi connectivity index (χ4n) is 4.92. The summed E-state index contributed by atoms with van der Waals surface area (Å²) in [6, 6.07) is 8.04. The van der Waals surface area contributed by atoms with E-state index < -0.39 is 17.7 Å². The number of carbonyl (C=O) groups is 1. The van der Waals surface area contributed by atoms with Crippen LogP contribution in [0.15, 0.2) is 36.4 Å². The van der Waals surface area contributed by atoms with Gasteiger partial charge < -0.3 is 19.9 Å². The van der Waals surface area contributed by atoms with Crippen molar-refractivity contribution in [3.05, 3.63) is 58.1 Å². The average Bonchev–Trinajstić information content (AvgIpc) is 2.77. The van der Waals surface area contributed by atoms with Gasteiger partial charge in [-0.25, -0.2) is 8.78 Å². The molecule has 0 aromatic heterocycles. The van der Waals surface area contributed by atoms with E-state index >= 15 is 0 Å². The molecule has 2 N–H and O–H groups in total. The first-order valence-electron chi connectivity index (χ1n) is 11.7. The Morgan fingerprint density at radius 1 is 1.03 bits per heavy atom. The van der Waals surface area contributed by atoms with Crippen LogP contribution in [-0.4, -0.2) is 58.9 Å². The number of hydrogen-bond acceptors (Lipinski definition) is 5. The molecule has 1 unspecified atom stereocenters. The summed E-state index contributed by atoms with van der Waals surface area (Å²) in [5.41, 5.74) is -0.708. The number of hydrogen-bond donors (Lipinski definition) is 2. The molecule has 1 amide bonds. The van der Waals surface area contributed by atoms with E-state index in [0.29, 0.717) is 25.1 Å². The topological polar surface area (TPSA) is 71.0 Å². The first kappa shape index (κ1) is 28.4. The highest BCUT2D eigenvalue weighted by Gasteiger charge is 2.46. The van der Waals surface area contributed by atoms with E-state index in [2.05, 4.69) is 37.9 Å². The second-order valence-electron chi connectivity index (χ2n) is 10.3. The van der Waals surface area contributed by atoms with Crippen LogP contribution in [0.25, 0.3) is 0 Å². The molecule has 10 heteroatoms. The molecule has 1 fully saturated rings. The molecule has 36 heavy (non-hydrogen) atoms. The SMILES string of the molecule is CC1(C)CC(NC(=O)COc2ccc(Cl)c(F)c2)CC(C)(C)N1CC(O)COc1ccc(Cl)c(F)c1. The van der Waals surface area contributed by atoms with E-state index in [1.54, 1.807) is 6.07 Å². The molecule has 0 bridgehead atoms. The van der Waals surface area contributed by atoms with Crippen LogP contribution in [0, 0.1) is 11.6 Å². The normalized spacial score (nSPS) is 18.5. The van der Waals surface area contributed by atoms with Crippen molar-refractivity contribution in [2.24, 2.45) is 0 Å². The maximum Gasteiger partial charge on any atom is 0.258 e. The Bertz CT molecular complexity index is 1070. The molecule has 198 valence electrons. The maximum atomic E-state index is 13.6. The fraction of sp³-hybridized carbons (Fsp3) is 0.500. The van der Waals surface area contributed by atoms with Crippen molar-refractivity contribution < 1.29 is 28.2 Å². The molecule has 1 heterocycles. The number of likely N-dealkylation sites (tertiary alicyclic amines) is 1. The Kier molecular flexibility index (Phi) is 9.09. The van der Waals surface area contributed by atoms with E-state index in [0.717, 1.165) is 6.07 Å². The Morgan fingerprint density at radius 2 is 1.53 bits per heavy atom. The summed E-state index contributed by atoms with van der Waals surface area (Å²) < 4.78 is 38.2. The van der Waals surface area contributed by atoms with Crippen LogP contribution in [0.2, 0.25) is 10.0 Å². The second kappa shape index (κ2) is 11.5. The molecule has 0 spiro atoms. The lowest BCUT2D eigenvalue weighted by molar-refractivity contribution is -0.126. The molecule has 3 rings (SSSR count). The van der Waals surface area contributed by atoms with Gasteiger partial charge in [0.25, 0.3) is 5.91 Å². The van der Waals surface area contributed by atoms with Crippen molar-refractivity contribution in [1.82, 2.24) is 10.2 Å². The van der Waals surface area contributed by atoms with Crippen LogP contribution >= 0.6 is 23.2 Å². The van der Waals surface area contributed by atoms with E-state index in [4.69, 9.17) is 32.7 Å². The summed E-state index contributed by atoms with van der Waals surface area (Å²) in [5, 5.41) is 13.7. The Hall–Kier alpha value is -2.13. The van der Waals surface area contributed by atoms with Gasteiger partial charge in [-0.05, 0) is 64.8 Å². The molecule has 0 radical (unpaired) electrons. The third-order valence-electron chi connectivity index (χ3n) is 6.31. The number of carbonyl (C=O) groups excluding carboxylic acids is 1. The maximum absolute atomic E-state index is 13.6. The monoisotopic (exact) mass is 544 g/mol. The predicted molar refractivity (Wildman–Crippen MR) is 136 cm³/mol. The Balaban J connectivity index is 1.53. The van der Waals surface area contributed by atoms with Crippen molar-refractivity contribution in [3.63, 3.8) is 0 Å². The number of aliphatic hydroxyl groups excluding tert-OH is 1. The Morgan fingerprint density at radius 3 is 2.03 bits per heavy atom. The van der Waals surface area contributed by atoms with Gasteiger partial charge in [-0.15, -0.1) is 0 Å². The van der Waals surface area contributed by atoms with Gasteiger partial charge >= 0.3 is 0 Å². The quantitative estimate of drug-likeness (QED) is 0.452. The number of benzene rings is 2. The standard InChI is InChI=1S/C26H32Cl2F2N2O4/c1-25(2)11-16(31-24(34)15-36-19-6-8-21(28)23(30)10-19)12-26(3,4)32(25)13-17(33)14-35-18-5-7-20(27)22(29)9-18/h5-10,16-17,33H,11-15H2,1-4H3,(H,31,34). The van der Waals surface area contributed by atoms with E-state index in [9.17, 15) is 18.7 Å². The number of halogens is 4. The molecule has 6 nitrogen and oxygen atoms in total. The zero-order chi connectivity index (χ0) is 26.7. The van der Waals surface area contributed by atoms with E-state index in [-0.39, 0.29) is 52.0 Å². The zero-order valence-corrected chi connectivity index (χ0v) is 22.3. The van der Waals surface area contributed by atoms with Crippen LogP contribution in [0.5, 0.6) is 11.5 Å². The smallest absolute Gasteiger partial charge is 0.258 e. The first-order chi connectivity index (χ1) is 16.8. The molecule has 2 aromatic rings. The van der Waals surface area contributed by atoms with Gasteiger partial charge in [0.2, 0.25) is 0 Å². The molecular formula is C26H32Cl2F2N2O4. The van der Waals surface area contributed by atoms with Crippen molar-refractivity contribution in [2.75, 3.05) is 19.8 Å². The molecular weight excluding hydrogens is 513 g/mol. The molecule has 1 saturated heterocycles. The highest BCUT2D eigenvalue weighted by Crippen LogP contribution is 2.38. The third-order valence-corrected chi connectivity index (χ3v) is 6.92. The van der Waals surface area contributed by atoms with Gasteiger partial charge in [0.05, 0.1) is 10.0 Å². The van der Waals surface area contributed by atoms with Crippen LogP contribution in [0.4, 0.5) is 8.78 Å². The zero-order valence-electron chi connectivity index (χ0n) is 20.8. The molecule has 1 atom stereocenters. The third kappa shape index (κ3) is 7.44. The minimum atomic E-state index is -0.818. The summed E-state index contributed by atoms with van der Waals surface area (Å²) in [4.78, 5) is 14.7. The lowest BCUT2D eigenvalue weighted by Crippen LogP contribution is -2.66. The number of piperidine rings is 1. The van der Waals surface area contributed by atoms with Crippen molar-refractivity contribution in [2.45, 2.75) is 63.8 Å². The summed E-state index contributed by atoms with van der Waals surface area (Å²) in [7, 11) is 0. The number of β-amino-alcohol motifs (C(OH)–C–C–N with tert-alkyl or cyclic N) is 1. The summed E-state index contributed by atoms with van der Waals surface area (Å²) in [6.07, 6.45) is 0.475. The van der Waals surface area contributed by atoms with Gasteiger partial charge in [-0.3, -0.25) is 9.69 Å². The molecule has 0 saturated carbocycles. The summed E-state index contributed by atoms with van der Waals surface area (Å²) in [5.74, 6) is -0.988. The summed E-state index contributed by atoms with van der Waals surface area (Å²) >= 11 is 11.4. The van der Waals surface area contributed by atoms with E-state index in [1.165, 1.54) is 24.3 Å². The van der Waals surface area contributed by atoms with Crippen molar-refractivity contribution in [3.8, 4) is 11.5 Å².